The number of carbonyl (C=O) groups excluding carboxylic acids is 1. The second kappa shape index (κ2) is 7.89. The number of anilines is 1. The molecule has 3 aromatic rings. The van der Waals surface area contributed by atoms with Crippen molar-refractivity contribution in [2.45, 2.75) is 13.5 Å². The van der Waals surface area contributed by atoms with Crippen LogP contribution in [0.2, 0.25) is 0 Å². The Morgan fingerprint density at radius 3 is 2.68 bits per heavy atom. The number of benzene rings is 2. The van der Waals surface area contributed by atoms with E-state index in [1.807, 2.05) is 31.2 Å². The molecule has 7 nitrogen and oxygen atoms in total. The van der Waals surface area contributed by atoms with E-state index in [1.165, 1.54) is 4.80 Å². The first-order valence-corrected chi connectivity index (χ1v) is 8.50. The van der Waals surface area contributed by atoms with E-state index < -0.39 is 0 Å². The Labute approximate surface area is 153 Å². The average molecular weight is 402 g/mol. The number of tetrazole rings is 1. The normalized spacial score (nSPS) is 10.5. The molecule has 0 bridgehead atoms. The SMILES string of the molecule is CCOc1ccc(NC(=O)Cn2nnc(-c3ccccc3Br)n2)cc1. The van der Waals surface area contributed by atoms with Crippen LogP contribution in [0.3, 0.4) is 0 Å². The monoisotopic (exact) mass is 401 g/mol. The third-order valence-corrected chi connectivity index (χ3v) is 3.99. The molecular weight excluding hydrogens is 386 g/mol. The van der Waals surface area contributed by atoms with Gasteiger partial charge < -0.3 is 10.1 Å². The van der Waals surface area contributed by atoms with Crippen LogP contribution in [0.4, 0.5) is 5.69 Å². The molecule has 128 valence electrons. The number of rotatable bonds is 6. The lowest BCUT2D eigenvalue weighted by molar-refractivity contribution is -0.117. The Morgan fingerprint density at radius 2 is 1.96 bits per heavy atom. The van der Waals surface area contributed by atoms with Crippen LogP contribution in [0, 0.1) is 0 Å². The van der Waals surface area contributed by atoms with Gasteiger partial charge in [-0.15, -0.1) is 10.2 Å². The molecule has 2 aromatic carbocycles. The third-order valence-electron chi connectivity index (χ3n) is 3.30. The van der Waals surface area contributed by atoms with Crippen LogP contribution >= 0.6 is 15.9 Å². The predicted molar refractivity (Wildman–Crippen MR) is 97.2 cm³/mol. The van der Waals surface area contributed by atoms with Crippen LogP contribution in [0.5, 0.6) is 5.75 Å². The first-order valence-electron chi connectivity index (χ1n) is 7.71. The number of nitrogens with zero attached hydrogens (tertiary/aromatic N) is 4. The van der Waals surface area contributed by atoms with Crippen molar-refractivity contribution in [2.24, 2.45) is 0 Å². The largest absolute Gasteiger partial charge is 0.494 e. The lowest BCUT2D eigenvalue weighted by atomic mass is 10.2. The topological polar surface area (TPSA) is 81.9 Å². The quantitative estimate of drug-likeness (QED) is 0.685. The van der Waals surface area contributed by atoms with E-state index in [9.17, 15) is 4.79 Å². The van der Waals surface area contributed by atoms with Gasteiger partial charge in [0.2, 0.25) is 11.7 Å². The summed E-state index contributed by atoms with van der Waals surface area (Å²) < 4.78 is 6.24. The highest BCUT2D eigenvalue weighted by Crippen LogP contribution is 2.24. The number of ether oxygens (including phenoxy) is 1. The van der Waals surface area contributed by atoms with E-state index in [0.29, 0.717) is 18.1 Å². The third kappa shape index (κ3) is 4.42. The second-order valence-electron chi connectivity index (χ2n) is 5.13. The summed E-state index contributed by atoms with van der Waals surface area (Å²) in [5, 5.41) is 15.0. The molecule has 1 heterocycles. The highest BCUT2D eigenvalue weighted by Gasteiger charge is 2.11. The number of aromatic nitrogens is 4. The van der Waals surface area contributed by atoms with Crippen molar-refractivity contribution in [1.29, 1.82) is 0 Å². The Morgan fingerprint density at radius 1 is 1.20 bits per heavy atom. The van der Waals surface area contributed by atoms with Crippen molar-refractivity contribution < 1.29 is 9.53 Å². The van der Waals surface area contributed by atoms with E-state index in [1.54, 1.807) is 24.3 Å². The van der Waals surface area contributed by atoms with Gasteiger partial charge in [-0.2, -0.15) is 4.80 Å². The Bertz CT molecular complexity index is 863. The number of nitrogens with one attached hydrogen (secondary N) is 1. The van der Waals surface area contributed by atoms with Crippen LogP contribution in [0.25, 0.3) is 11.4 Å². The molecule has 0 aliphatic carbocycles. The minimum atomic E-state index is -0.236. The maximum absolute atomic E-state index is 12.1. The van der Waals surface area contributed by atoms with Gasteiger partial charge in [0.25, 0.3) is 0 Å². The molecular formula is C17H16BrN5O2. The standard InChI is InChI=1S/C17H16BrN5O2/c1-2-25-13-9-7-12(8-10-13)19-16(24)11-23-21-17(20-22-23)14-5-3-4-6-15(14)18/h3-10H,2,11H2,1H3,(H,19,24). The molecule has 0 radical (unpaired) electrons. The van der Waals surface area contributed by atoms with Gasteiger partial charge in [-0.05, 0) is 48.5 Å². The lowest BCUT2D eigenvalue weighted by Crippen LogP contribution is -2.20. The van der Waals surface area contributed by atoms with Crippen molar-refractivity contribution in [3.63, 3.8) is 0 Å². The van der Waals surface area contributed by atoms with Gasteiger partial charge >= 0.3 is 0 Å². The molecule has 0 saturated heterocycles. The van der Waals surface area contributed by atoms with Crippen LogP contribution < -0.4 is 10.1 Å². The summed E-state index contributed by atoms with van der Waals surface area (Å²) in [5.41, 5.74) is 1.50. The van der Waals surface area contributed by atoms with Crippen molar-refractivity contribution in [3.05, 3.63) is 53.0 Å². The number of hydrogen-bond acceptors (Lipinski definition) is 5. The molecule has 0 aliphatic rings. The molecule has 0 saturated carbocycles. The summed E-state index contributed by atoms with van der Waals surface area (Å²) in [6, 6.07) is 14.7. The van der Waals surface area contributed by atoms with E-state index in [0.717, 1.165) is 15.8 Å². The summed E-state index contributed by atoms with van der Waals surface area (Å²) in [4.78, 5) is 13.4. The van der Waals surface area contributed by atoms with Gasteiger partial charge in [-0.1, -0.05) is 28.1 Å². The van der Waals surface area contributed by atoms with Crippen LogP contribution in [-0.4, -0.2) is 32.7 Å². The molecule has 8 heteroatoms. The molecule has 1 aromatic heterocycles. The van der Waals surface area contributed by atoms with Gasteiger partial charge in [0.05, 0.1) is 6.61 Å². The van der Waals surface area contributed by atoms with Crippen LogP contribution in [-0.2, 0) is 11.3 Å². The van der Waals surface area contributed by atoms with Gasteiger partial charge in [-0.25, -0.2) is 0 Å². The van der Waals surface area contributed by atoms with Crippen molar-refractivity contribution in [2.75, 3.05) is 11.9 Å². The highest BCUT2D eigenvalue weighted by molar-refractivity contribution is 9.10. The van der Waals surface area contributed by atoms with Gasteiger partial charge in [-0.3, -0.25) is 4.79 Å². The molecule has 0 spiro atoms. The molecule has 0 fully saturated rings. The zero-order valence-corrected chi connectivity index (χ0v) is 15.1. The summed E-state index contributed by atoms with van der Waals surface area (Å²) in [7, 11) is 0. The van der Waals surface area contributed by atoms with Crippen molar-refractivity contribution in [1.82, 2.24) is 20.2 Å². The van der Waals surface area contributed by atoms with E-state index in [-0.39, 0.29) is 12.5 Å². The van der Waals surface area contributed by atoms with Gasteiger partial charge in [0.1, 0.15) is 12.3 Å². The molecule has 0 atom stereocenters. The van der Waals surface area contributed by atoms with E-state index in [4.69, 9.17) is 4.74 Å². The minimum Gasteiger partial charge on any atom is -0.494 e. The van der Waals surface area contributed by atoms with Gasteiger partial charge in [0, 0.05) is 15.7 Å². The first kappa shape index (κ1) is 17.1. The highest BCUT2D eigenvalue weighted by atomic mass is 79.9. The summed E-state index contributed by atoms with van der Waals surface area (Å²) in [6.45, 7) is 2.50. The second-order valence-corrected chi connectivity index (χ2v) is 5.98. The maximum atomic E-state index is 12.1. The molecule has 1 amide bonds. The zero-order chi connectivity index (χ0) is 17.6. The fraction of sp³-hybridized carbons (Fsp3) is 0.176. The maximum Gasteiger partial charge on any atom is 0.248 e. The predicted octanol–water partition coefficient (Wildman–Crippen LogP) is 3.14. The molecule has 1 N–H and O–H groups in total. The van der Waals surface area contributed by atoms with E-state index >= 15 is 0 Å². The van der Waals surface area contributed by atoms with Crippen LogP contribution in [0.1, 0.15) is 6.92 Å². The van der Waals surface area contributed by atoms with Crippen molar-refractivity contribution in [3.8, 4) is 17.1 Å². The van der Waals surface area contributed by atoms with Gasteiger partial charge in [0.15, 0.2) is 0 Å². The summed E-state index contributed by atoms with van der Waals surface area (Å²) in [5.74, 6) is 0.984. The Hall–Kier alpha value is -2.74. The number of hydrogen-bond donors (Lipinski definition) is 1. The lowest BCUT2D eigenvalue weighted by Gasteiger charge is -2.06. The van der Waals surface area contributed by atoms with Crippen LogP contribution in [0.15, 0.2) is 53.0 Å². The zero-order valence-electron chi connectivity index (χ0n) is 13.5. The molecule has 0 unspecified atom stereocenters. The average Bonchev–Trinajstić information content (AvgIpc) is 3.05. The van der Waals surface area contributed by atoms with E-state index in [2.05, 4.69) is 36.7 Å². The summed E-state index contributed by atoms with van der Waals surface area (Å²) >= 11 is 3.45. The van der Waals surface area contributed by atoms with Crippen molar-refractivity contribution >= 4 is 27.5 Å². The minimum absolute atomic E-state index is 0.0232. The first-order chi connectivity index (χ1) is 12.2. The Kier molecular flexibility index (Phi) is 5.39. The summed E-state index contributed by atoms with van der Waals surface area (Å²) in [6.07, 6.45) is 0. The molecule has 3 rings (SSSR count). The molecule has 25 heavy (non-hydrogen) atoms. The Balaban J connectivity index is 1.63. The number of amides is 1. The molecule has 0 aliphatic heterocycles. The number of carbonyl (C=O) groups is 1. The number of halogens is 1. The fourth-order valence-corrected chi connectivity index (χ4v) is 2.65. The fourth-order valence-electron chi connectivity index (χ4n) is 2.19. The smallest absolute Gasteiger partial charge is 0.248 e.